The Bertz CT molecular complexity index is 1390. The van der Waals surface area contributed by atoms with Crippen molar-refractivity contribution in [1.82, 2.24) is 20.0 Å². The molecule has 9 nitrogen and oxygen atoms in total. The standard InChI is InChI=1S/C22H15F3N4O5S/c1-32-18(30)15-16(28-29(17(15)19(31)33-2)13-8-4-3-5-9-13)12-7-6-10-14(11-12)34-21-27-26-20(35-21)22(23,24)25/h3-11H,1-2H3. The third kappa shape index (κ3) is 4.84. The van der Waals surface area contributed by atoms with E-state index in [-0.39, 0.29) is 39.2 Å². The molecule has 0 fully saturated rings. The minimum absolute atomic E-state index is 0.0693. The van der Waals surface area contributed by atoms with E-state index in [4.69, 9.17) is 14.2 Å². The fraction of sp³-hybridized carbons (Fsp3) is 0.136. The third-order valence-electron chi connectivity index (χ3n) is 4.62. The Morgan fingerprint density at radius 3 is 2.29 bits per heavy atom. The van der Waals surface area contributed by atoms with E-state index in [9.17, 15) is 22.8 Å². The van der Waals surface area contributed by atoms with Crippen LogP contribution in [0.2, 0.25) is 0 Å². The molecule has 35 heavy (non-hydrogen) atoms. The quantitative estimate of drug-likeness (QED) is 0.346. The maximum absolute atomic E-state index is 12.8. The van der Waals surface area contributed by atoms with Gasteiger partial charge in [0.15, 0.2) is 5.69 Å². The molecule has 13 heteroatoms. The van der Waals surface area contributed by atoms with E-state index in [2.05, 4.69) is 15.3 Å². The van der Waals surface area contributed by atoms with Crippen LogP contribution in [0.5, 0.6) is 10.9 Å². The summed E-state index contributed by atoms with van der Waals surface area (Å²) in [6, 6.07) is 14.6. The lowest BCUT2D eigenvalue weighted by Crippen LogP contribution is -2.15. The van der Waals surface area contributed by atoms with Crippen molar-refractivity contribution in [1.29, 1.82) is 0 Å². The molecule has 180 valence electrons. The topological polar surface area (TPSA) is 105 Å². The van der Waals surface area contributed by atoms with E-state index in [1.807, 2.05) is 0 Å². The summed E-state index contributed by atoms with van der Waals surface area (Å²) in [5, 5.41) is 9.46. The average Bonchev–Trinajstić information content (AvgIpc) is 3.49. The lowest BCUT2D eigenvalue weighted by molar-refractivity contribution is -0.138. The second-order valence-corrected chi connectivity index (χ2v) is 7.74. The summed E-state index contributed by atoms with van der Waals surface area (Å²) < 4.78 is 54.9. The largest absolute Gasteiger partial charge is 0.465 e. The van der Waals surface area contributed by atoms with Gasteiger partial charge in [-0.2, -0.15) is 18.3 Å². The van der Waals surface area contributed by atoms with E-state index in [0.29, 0.717) is 11.3 Å². The number of para-hydroxylation sites is 1. The Hall–Kier alpha value is -4.26. The smallest absolute Gasteiger partial charge is 0.445 e. The van der Waals surface area contributed by atoms with Crippen molar-refractivity contribution in [3.8, 4) is 27.9 Å². The minimum atomic E-state index is -4.65. The van der Waals surface area contributed by atoms with Gasteiger partial charge in [-0.15, -0.1) is 5.10 Å². The molecule has 0 radical (unpaired) electrons. The highest BCUT2D eigenvalue weighted by molar-refractivity contribution is 7.13. The Balaban J connectivity index is 1.82. The Kier molecular flexibility index (Phi) is 6.51. The minimum Gasteiger partial charge on any atom is -0.465 e. The van der Waals surface area contributed by atoms with Crippen molar-refractivity contribution >= 4 is 23.3 Å². The maximum Gasteiger partial charge on any atom is 0.445 e. The summed E-state index contributed by atoms with van der Waals surface area (Å²) in [5.41, 5.74) is 0.551. The normalized spacial score (nSPS) is 11.2. The van der Waals surface area contributed by atoms with Crippen molar-refractivity contribution in [2.45, 2.75) is 6.18 Å². The summed E-state index contributed by atoms with van der Waals surface area (Å²) in [6.07, 6.45) is -4.65. The summed E-state index contributed by atoms with van der Waals surface area (Å²) in [6.45, 7) is 0. The predicted molar refractivity (Wildman–Crippen MR) is 117 cm³/mol. The van der Waals surface area contributed by atoms with Crippen molar-refractivity contribution in [3.05, 3.63) is 70.9 Å². The molecule has 0 spiro atoms. The molecule has 0 saturated heterocycles. The molecular weight excluding hydrogens is 489 g/mol. The van der Waals surface area contributed by atoms with Crippen molar-refractivity contribution in [3.63, 3.8) is 0 Å². The number of rotatable bonds is 6. The van der Waals surface area contributed by atoms with Crippen molar-refractivity contribution in [2.24, 2.45) is 0 Å². The van der Waals surface area contributed by atoms with Gasteiger partial charge in [0, 0.05) is 5.56 Å². The first kappa shape index (κ1) is 23.9. The number of methoxy groups -OCH3 is 2. The highest BCUT2D eigenvalue weighted by Crippen LogP contribution is 2.37. The molecule has 0 aliphatic rings. The Labute approximate surface area is 199 Å². The lowest BCUT2D eigenvalue weighted by atomic mass is 10.1. The number of nitrogens with zero attached hydrogens (tertiary/aromatic N) is 4. The van der Waals surface area contributed by atoms with Gasteiger partial charge in [-0.05, 0) is 24.3 Å². The molecule has 0 aliphatic carbocycles. The highest BCUT2D eigenvalue weighted by Gasteiger charge is 2.36. The van der Waals surface area contributed by atoms with Crippen molar-refractivity contribution in [2.75, 3.05) is 14.2 Å². The van der Waals surface area contributed by atoms with Crippen LogP contribution in [0.3, 0.4) is 0 Å². The van der Waals surface area contributed by atoms with E-state index in [0.717, 1.165) is 14.2 Å². The molecule has 0 N–H and O–H groups in total. The van der Waals surface area contributed by atoms with E-state index in [1.54, 1.807) is 36.4 Å². The van der Waals surface area contributed by atoms with Crippen LogP contribution in [-0.4, -0.2) is 46.1 Å². The monoisotopic (exact) mass is 504 g/mol. The number of carbonyl (C=O) groups excluding carboxylic acids is 2. The number of halogens is 3. The zero-order valence-electron chi connectivity index (χ0n) is 18.1. The number of esters is 2. The van der Waals surface area contributed by atoms with Gasteiger partial charge in [-0.3, -0.25) is 0 Å². The molecule has 0 amide bonds. The molecule has 4 aromatic rings. The average molecular weight is 504 g/mol. The SMILES string of the molecule is COC(=O)c1c(-c2cccc(Oc3nnc(C(F)(F)F)s3)c2)nn(-c2ccccc2)c1C(=O)OC. The van der Waals surface area contributed by atoms with Gasteiger partial charge < -0.3 is 14.2 Å². The molecule has 4 rings (SSSR count). The van der Waals surface area contributed by atoms with Crippen LogP contribution in [0, 0.1) is 0 Å². The first-order valence-corrected chi connectivity index (χ1v) is 10.6. The molecule has 2 aromatic carbocycles. The molecule has 0 atom stereocenters. The van der Waals surface area contributed by atoms with Crippen LogP contribution in [0.4, 0.5) is 13.2 Å². The summed E-state index contributed by atoms with van der Waals surface area (Å²) in [4.78, 5) is 25.4. The molecule has 0 aliphatic heterocycles. The van der Waals surface area contributed by atoms with Gasteiger partial charge in [0.1, 0.15) is 17.0 Å². The molecule has 2 heterocycles. The summed E-state index contributed by atoms with van der Waals surface area (Å²) in [5.74, 6) is -1.56. The summed E-state index contributed by atoms with van der Waals surface area (Å²) in [7, 11) is 2.32. The molecule has 0 unspecified atom stereocenters. The van der Waals surface area contributed by atoms with Crippen molar-refractivity contribution < 1.29 is 37.0 Å². The van der Waals surface area contributed by atoms with Crippen LogP contribution >= 0.6 is 11.3 Å². The number of aromatic nitrogens is 4. The van der Waals surface area contributed by atoms with E-state index in [1.165, 1.54) is 22.9 Å². The van der Waals surface area contributed by atoms with Gasteiger partial charge >= 0.3 is 18.1 Å². The van der Waals surface area contributed by atoms with Gasteiger partial charge in [0.25, 0.3) is 5.19 Å². The lowest BCUT2D eigenvalue weighted by Gasteiger charge is -2.07. The Morgan fingerprint density at radius 1 is 0.943 bits per heavy atom. The number of benzene rings is 2. The maximum atomic E-state index is 12.8. The number of hydrogen-bond acceptors (Lipinski definition) is 9. The molecular formula is C22H15F3N4O5S. The van der Waals surface area contributed by atoms with E-state index < -0.39 is 23.1 Å². The fourth-order valence-electron chi connectivity index (χ4n) is 3.13. The number of hydrogen-bond donors (Lipinski definition) is 0. The number of ether oxygens (including phenoxy) is 3. The highest BCUT2D eigenvalue weighted by atomic mass is 32.1. The predicted octanol–water partition coefficient (Wildman–Crippen LogP) is 4.78. The molecule has 2 aromatic heterocycles. The molecule has 0 saturated carbocycles. The van der Waals surface area contributed by atoms with Gasteiger partial charge in [-0.1, -0.05) is 46.8 Å². The van der Waals surface area contributed by atoms with Gasteiger partial charge in [0.05, 0.1) is 19.9 Å². The summed E-state index contributed by atoms with van der Waals surface area (Å²) >= 11 is 0.234. The second kappa shape index (κ2) is 9.54. The molecule has 0 bridgehead atoms. The zero-order valence-corrected chi connectivity index (χ0v) is 18.9. The third-order valence-corrected chi connectivity index (χ3v) is 5.46. The van der Waals surface area contributed by atoms with Gasteiger partial charge in [0.2, 0.25) is 5.01 Å². The van der Waals surface area contributed by atoms with E-state index >= 15 is 0 Å². The number of carbonyl (C=O) groups is 2. The zero-order chi connectivity index (χ0) is 25.2. The Morgan fingerprint density at radius 2 is 1.66 bits per heavy atom. The van der Waals surface area contributed by atoms with Crippen LogP contribution in [0.1, 0.15) is 25.9 Å². The van der Waals surface area contributed by atoms with Crippen LogP contribution in [-0.2, 0) is 15.7 Å². The first-order valence-electron chi connectivity index (χ1n) is 9.77. The van der Waals surface area contributed by atoms with Crippen LogP contribution < -0.4 is 4.74 Å². The second-order valence-electron chi connectivity index (χ2n) is 6.80. The van der Waals surface area contributed by atoms with Crippen LogP contribution in [0.15, 0.2) is 54.6 Å². The first-order chi connectivity index (χ1) is 16.7. The van der Waals surface area contributed by atoms with Crippen LogP contribution in [0.25, 0.3) is 16.9 Å². The van der Waals surface area contributed by atoms with Gasteiger partial charge in [-0.25, -0.2) is 14.3 Å². The number of alkyl halides is 3. The fourth-order valence-corrected chi connectivity index (χ4v) is 3.71.